The van der Waals surface area contributed by atoms with Crippen molar-refractivity contribution in [1.82, 2.24) is 5.32 Å². The number of hydrogen-bond acceptors (Lipinski definition) is 4. The number of carbonyl (C=O) groups excluding carboxylic acids is 1. The summed E-state index contributed by atoms with van der Waals surface area (Å²) in [5.41, 5.74) is 1.44. The number of thiophene rings is 1. The van der Waals surface area contributed by atoms with Gasteiger partial charge in [-0.1, -0.05) is 17.7 Å². The van der Waals surface area contributed by atoms with Gasteiger partial charge in [0.2, 0.25) is 0 Å². The predicted molar refractivity (Wildman–Crippen MR) is 108 cm³/mol. The SMILES string of the molecule is COC1=CC=C(CCCNC(=O)c2ccc(C3C=CN=CC3)s2)CCC1. The van der Waals surface area contributed by atoms with Crippen molar-refractivity contribution in [3.63, 3.8) is 0 Å². The molecule has 1 aromatic rings. The van der Waals surface area contributed by atoms with Gasteiger partial charge in [-0.05, 0) is 50.3 Å². The van der Waals surface area contributed by atoms with E-state index in [0.29, 0.717) is 12.5 Å². The molecule has 0 aromatic carbocycles. The number of nitrogens with one attached hydrogen (secondary N) is 1. The molecule has 0 fully saturated rings. The summed E-state index contributed by atoms with van der Waals surface area (Å²) in [6.07, 6.45) is 16.3. The zero-order valence-electron chi connectivity index (χ0n) is 15.2. The standard InChI is InChI=1S/C21H26N2O2S/c1-25-18-6-2-4-16(7-8-18)5-3-13-23-21(24)20-10-9-19(26-20)17-11-14-22-15-12-17/h7-11,14-15,17H,2-6,12-13H2,1H3,(H,23,24). The van der Waals surface area contributed by atoms with Crippen LogP contribution in [0.4, 0.5) is 0 Å². The molecule has 1 aliphatic heterocycles. The number of nitrogens with zero attached hydrogens (tertiary/aromatic N) is 1. The Balaban J connectivity index is 1.42. The molecule has 0 saturated heterocycles. The van der Waals surface area contributed by atoms with Crippen molar-refractivity contribution in [2.45, 2.75) is 44.4 Å². The van der Waals surface area contributed by atoms with E-state index in [4.69, 9.17) is 4.74 Å². The van der Waals surface area contributed by atoms with E-state index >= 15 is 0 Å². The highest BCUT2D eigenvalue weighted by Crippen LogP contribution is 2.29. The van der Waals surface area contributed by atoms with Crippen molar-refractivity contribution < 1.29 is 9.53 Å². The molecule has 3 rings (SSSR count). The van der Waals surface area contributed by atoms with Crippen LogP contribution >= 0.6 is 11.3 Å². The van der Waals surface area contributed by atoms with Crippen LogP contribution in [0.5, 0.6) is 0 Å². The van der Waals surface area contributed by atoms with Gasteiger partial charge >= 0.3 is 0 Å². The van der Waals surface area contributed by atoms with Gasteiger partial charge in [-0.25, -0.2) is 0 Å². The summed E-state index contributed by atoms with van der Waals surface area (Å²) in [6, 6.07) is 3.99. The average Bonchev–Trinajstić information content (AvgIpc) is 3.06. The topological polar surface area (TPSA) is 50.7 Å². The van der Waals surface area contributed by atoms with Gasteiger partial charge in [-0.15, -0.1) is 11.3 Å². The molecule has 2 aliphatic rings. The highest BCUT2D eigenvalue weighted by atomic mass is 32.1. The second kappa shape index (κ2) is 9.53. The third-order valence-electron chi connectivity index (χ3n) is 4.73. The van der Waals surface area contributed by atoms with E-state index in [1.807, 2.05) is 18.5 Å². The lowest BCUT2D eigenvalue weighted by Gasteiger charge is -2.09. The monoisotopic (exact) mass is 370 g/mol. The molecule has 0 bridgehead atoms. The Labute approximate surface area is 159 Å². The molecule has 26 heavy (non-hydrogen) atoms. The first-order valence-electron chi connectivity index (χ1n) is 9.25. The number of carbonyl (C=O) groups is 1. The Morgan fingerprint density at radius 2 is 2.27 bits per heavy atom. The number of rotatable bonds is 7. The van der Waals surface area contributed by atoms with Gasteiger partial charge < -0.3 is 10.1 Å². The first-order valence-corrected chi connectivity index (χ1v) is 10.1. The molecule has 1 amide bonds. The van der Waals surface area contributed by atoms with Crippen molar-refractivity contribution in [2.24, 2.45) is 4.99 Å². The van der Waals surface area contributed by atoms with Crippen LogP contribution in [-0.4, -0.2) is 25.8 Å². The fourth-order valence-electron chi connectivity index (χ4n) is 3.20. The van der Waals surface area contributed by atoms with Gasteiger partial charge in [-0.2, -0.15) is 0 Å². The van der Waals surface area contributed by atoms with Crippen molar-refractivity contribution >= 4 is 23.5 Å². The quantitative estimate of drug-likeness (QED) is 0.689. The Morgan fingerprint density at radius 1 is 1.35 bits per heavy atom. The van der Waals surface area contributed by atoms with Crippen LogP contribution in [-0.2, 0) is 4.74 Å². The summed E-state index contributed by atoms with van der Waals surface area (Å²) in [5.74, 6) is 1.44. The second-order valence-electron chi connectivity index (χ2n) is 6.59. The minimum Gasteiger partial charge on any atom is -0.501 e. The number of methoxy groups -OCH3 is 1. The first-order chi connectivity index (χ1) is 12.8. The summed E-state index contributed by atoms with van der Waals surface area (Å²) in [4.78, 5) is 18.5. The van der Waals surface area contributed by atoms with E-state index in [-0.39, 0.29) is 5.91 Å². The lowest BCUT2D eigenvalue weighted by atomic mass is 10.0. The van der Waals surface area contributed by atoms with Gasteiger partial charge in [0.1, 0.15) is 0 Å². The largest absolute Gasteiger partial charge is 0.501 e. The number of allylic oxidation sites excluding steroid dienone is 5. The summed E-state index contributed by atoms with van der Waals surface area (Å²) in [7, 11) is 1.73. The zero-order valence-corrected chi connectivity index (χ0v) is 16.1. The van der Waals surface area contributed by atoms with Crippen LogP contribution in [0.2, 0.25) is 0 Å². The van der Waals surface area contributed by atoms with Crippen LogP contribution in [0, 0.1) is 0 Å². The average molecular weight is 371 g/mol. The Morgan fingerprint density at radius 3 is 3.08 bits per heavy atom. The second-order valence-corrected chi connectivity index (χ2v) is 7.71. The molecule has 138 valence electrons. The Hall–Kier alpha value is -2.14. The minimum atomic E-state index is 0.0334. The summed E-state index contributed by atoms with van der Waals surface area (Å²) < 4.78 is 5.32. The summed E-state index contributed by atoms with van der Waals surface area (Å²) in [6.45, 7) is 0.709. The lowest BCUT2D eigenvalue weighted by Crippen LogP contribution is -2.23. The third-order valence-corrected chi connectivity index (χ3v) is 5.95. The molecule has 5 heteroatoms. The molecule has 1 N–H and O–H groups in total. The molecule has 2 heterocycles. The molecule has 1 aromatic heterocycles. The normalized spacial score (nSPS) is 19.5. The van der Waals surface area contributed by atoms with E-state index in [1.54, 1.807) is 18.4 Å². The molecule has 1 aliphatic carbocycles. The van der Waals surface area contributed by atoms with Crippen LogP contribution in [0.25, 0.3) is 0 Å². The van der Waals surface area contributed by atoms with E-state index in [1.165, 1.54) is 10.5 Å². The zero-order chi connectivity index (χ0) is 18.2. The predicted octanol–water partition coefficient (Wildman–Crippen LogP) is 4.97. The minimum absolute atomic E-state index is 0.0334. The molecule has 1 unspecified atom stereocenters. The molecule has 0 radical (unpaired) electrons. The molecule has 1 atom stereocenters. The maximum absolute atomic E-state index is 12.3. The smallest absolute Gasteiger partial charge is 0.261 e. The fraction of sp³-hybridized carbons (Fsp3) is 0.429. The molecule has 0 saturated carbocycles. The number of amides is 1. The highest BCUT2D eigenvalue weighted by molar-refractivity contribution is 7.14. The van der Waals surface area contributed by atoms with E-state index in [0.717, 1.165) is 49.2 Å². The van der Waals surface area contributed by atoms with Crippen LogP contribution in [0.3, 0.4) is 0 Å². The lowest BCUT2D eigenvalue weighted by molar-refractivity contribution is 0.0957. The molecular weight excluding hydrogens is 344 g/mol. The van der Waals surface area contributed by atoms with Gasteiger partial charge in [-0.3, -0.25) is 9.79 Å². The number of aliphatic imine (C=N–C) groups is 1. The maximum atomic E-state index is 12.3. The maximum Gasteiger partial charge on any atom is 0.261 e. The molecule has 0 spiro atoms. The Bertz CT molecular complexity index is 743. The van der Waals surface area contributed by atoms with Gasteiger partial charge in [0, 0.05) is 36.2 Å². The first kappa shape index (κ1) is 18.6. The van der Waals surface area contributed by atoms with E-state index < -0.39 is 0 Å². The van der Waals surface area contributed by atoms with Gasteiger partial charge in [0.15, 0.2) is 0 Å². The van der Waals surface area contributed by atoms with Crippen LogP contribution in [0.15, 0.2) is 52.9 Å². The van der Waals surface area contributed by atoms with Crippen LogP contribution < -0.4 is 5.32 Å². The fourth-order valence-corrected chi connectivity index (χ4v) is 4.22. The third kappa shape index (κ3) is 5.18. The molecular formula is C21H26N2O2S. The van der Waals surface area contributed by atoms with E-state index in [9.17, 15) is 4.79 Å². The van der Waals surface area contributed by atoms with Crippen molar-refractivity contribution in [3.8, 4) is 0 Å². The Kier molecular flexibility index (Phi) is 6.83. The van der Waals surface area contributed by atoms with Crippen molar-refractivity contribution in [3.05, 3.63) is 57.6 Å². The van der Waals surface area contributed by atoms with Crippen molar-refractivity contribution in [1.29, 1.82) is 0 Å². The summed E-state index contributed by atoms with van der Waals surface area (Å²) in [5, 5.41) is 3.05. The van der Waals surface area contributed by atoms with E-state index in [2.05, 4.69) is 34.6 Å². The van der Waals surface area contributed by atoms with Crippen LogP contribution in [0.1, 0.15) is 59.0 Å². The highest BCUT2D eigenvalue weighted by Gasteiger charge is 2.15. The van der Waals surface area contributed by atoms with Gasteiger partial charge in [0.25, 0.3) is 5.91 Å². The van der Waals surface area contributed by atoms with Crippen molar-refractivity contribution in [2.75, 3.05) is 13.7 Å². The number of ether oxygens (including phenoxy) is 1. The molecule has 4 nitrogen and oxygen atoms in total. The van der Waals surface area contributed by atoms with Gasteiger partial charge in [0.05, 0.1) is 17.7 Å². The number of hydrogen-bond donors (Lipinski definition) is 1. The summed E-state index contributed by atoms with van der Waals surface area (Å²) >= 11 is 1.58.